The quantitative estimate of drug-likeness (QED) is 0.189. The lowest BCUT2D eigenvalue weighted by Crippen LogP contribution is -2.27. The summed E-state index contributed by atoms with van der Waals surface area (Å²) in [5, 5.41) is 5.93. The molecule has 1 heterocycles. The first kappa shape index (κ1) is 23.7. The molecule has 3 aromatic carbocycles. The molecule has 168 valence electrons. The van der Waals surface area contributed by atoms with Gasteiger partial charge in [0.15, 0.2) is 9.84 Å². The van der Waals surface area contributed by atoms with Crippen LogP contribution in [0.1, 0.15) is 12.0 Å². The standard InChI is InChI=1S/C23H17Br2N3O3S2/c24-17-8-6-16(7-9-17)15-26-28(23-27-20-11-10-18(25)14-21(20)32-23)22(29)12-13-33(30,31)19-4-2-1-3-5-19/h1-11,14-15H,12-13H2/b26-15+. The van der Waals surface area contributed by atoms with Gasteiger partial charge >= 0.3 is 0 Å². The first-order valence-electron chi connectivity index (χ1n) is 9.78. The summed E-state index contributed by atoms with van der Waals surface area (Å²) in [4.78, 5) is 17.9. The molecule has 0 radical (unpaired) electrons. The number of sulfone groups is 1. The number of hydrogen-bond acceptors (Lipinski definition) is 6. The van der Waals surface area contributed by atoms with Crippen LogP contribution in [0.3, 0.4) is 0 Å². The van der Waals surface area contributed by atoms with Gasteiger partial charge in [-0.1, -0.05) is 73.5 Å². The molecule has 0 bridgehead atoms. The Labute approximate surface area is 212 Å². The molecule has 0 aliphatic rings. The fourth-order valence-electron chi connectivity index (χ4n) is 2.94. The lowest BCUT2D eigenvalue weighted by molar-refractivity contribution is -0.118. The van der Waals surface area contributed by atoms with Gasteiger partial charge in [-0.05, 0) is 48.0 Å². The second-order valence-corrected chi connectivity index (χ2v) is 11.9. The number of carbonyl (C=O) groups excluding carboxylic acids is 1. The lowest BCUT2D eigenvalue weighted by Gasteiger charge is -2.14. The van der Waals surface area contributed by atoms with Crippen LogP contribution in [0.4, 0.5) is 5.13 Å². The number of thiazole rings is 1. The van der Waals surface area contributed by atoms with Crippen LogP contribution < -0.4 is 5.01 Å². The fraction of sp³-hybridized carbons (Fsp3) is 0.0870. The normalized spacial score (nSPS) is 11.8. The Bertz CT molecular complexity index is 1420. The van der Waals surface area contributed by atoms with Gasteiger partial charge < -0.3 is 0 Å². The Morgan fingerprint density at radius 2 is 1.70 bits per heavy atom. The Morgan fingerprint density at radius 3 is 2.42 bits per heavy atom. The minimum Gasteiger partial charge on any atom is -0.272 e. The van der Waals surface area contributed by atoms with Crippen LogP contribution in [0.15, 0.2) is 91.7 Å². The third kappa shape index (κ3) is 5.94. The van der Waals surface area contributed by atoms with E-state index in [1.54, 1.807) is 24.4 Å². The van der Waals surface area contributed by atoms with Gasteiger partial charge in [-0.25, -0.2) is 13.4 Å². The van der Waals surface area contributed by atoms with Crippen LogP contribution in [-0.4, -0.2) is 31.3 Å². The molecule has 0 fully saturated rings. The smallest absolute Gasteiger partial charge is 0.250 e. The molecule has 0 aliphatic carbocycles. The molecule has 0 saturated heterocycles. The van der Waals surface area contributed by atoms with Crippen molar-refractivity contribution in [2.45, 2.75) is 11.3 Å². The van der Waals surface area contributed by atoms with Gasteiger partial charge in [-0.3, -0.25) is 4.79 Å². The van der Waals surface area contributed by atoms with Crippen molar-refractivity contribution in [1.82, 2.24) is 4.98 Å². The van der Waals surface area contributed by atoms with E-state index in [0.29, 0.717) is 5.13 Å². The SMILES string of the molecule is O=C(CCS(=O)(=O)c1ccccc1)N(/N=C/c1ccc(Br)cc1)c1nc2ccc(Br)cc2s1. The molecule has 6 nitrogen and oxygen atoms in total. The van der Waals surface area contributed by atoms with Crippen molar-refractivity contribution >= 4 is 80.5 Å². The van der Waals surface area contributed by atoms with E-state index < -0.39 is 15.7 Å². The zero-order chi connectivity index (χ0) is 23.4. The van der Waals surface area contributed by atoms with Crippen molar-refractivity contribution < 1.29 is 13.2 Å². The highest BCUT2D eigenvalue weighted by Crippen LogP contribution is 2.31. The Morgan fingerprint density at radius 1 is 1.00 bits per heavy atom. The van der Waals surface area contributed by atoms with E-state index in [1.165, 1.54) is 28.5 Å². The third-order valence-corrected chi connectivity index (χ3v) is 8.38. The Kier molecular flexibility index (Phi) is 7.38. The highest BCUT2D eigenvalue weighted by molar-refractivity contribution is 9.10. The molecular formula is C23H17Br2N3O3S2. The minimum absolute atomic E-state index is 0.188. The number of hydrazone groups is 1. The molecule has 1 amide bonds. The van der Waals surface area contributed by atoms with Gasteiger partial charge in [0.25, 0.3) is 5.91 Å². The zero-order valence-electron chi connectivity index (χ0n) is 17.1. The van der Waals surface area contributed by atoms with E-state index in [-0.39, 0.29) is 17.1 Å². The summed E-state index contributed by atoms with van der Waals surface area (Å²) in [5.41, 5.74) is 1.52. The van der Waals surface area contributed by atoms with Crippen molar-refractivity contribution in [3.63, 3.8) is 0 Å². The van der Waals surface area contributed by atoms with Crippen molar-refractivity contribution in [3.8, 4) is 0 Å². The van der Waals surface area contributed by atoms with E-state index >= 15 is 0 Å². The molecule has 0 atom stereocenters. The highest BCUT2D eigenvalue weighted by Gasteiger charge is 2.23. The summed E-state index contributed by atoms with van der Waals surface area (Å²) in [6, 6.07) is 21.2. The summed E-state index contributed by atoms with van der Waals surface area (Å²) >= 11 is 8.14. The molecule has 0 spiro atoms. The average molecular weight is 607 g/mol. The van der Waals surface area contributed by atoms with E-state index in [4.69, 9.17) is 0 Å². The molecule has 1 aromatic heterocycles. The number of benzene rings is 3. The number of fused-ring (bicyclic) bond motifs is 1. The predicted molar refractivity (Wildman–Crippen MR) is 140 cm³/mol. The number of anilines is 1. The molecule has 0 saturated carbocycles. The second-order valence-electron chi connectivity index (χ2n) is 6.99. The molecule has 0 N–H and O–H groups in total. The van der Waals surface area contributed by atoms with E-state index in [1.807, 2.05) is 42.5 Å². The van der Waals surface area contributed by atoms with E-state index in [0.717, 1.165) is 24.7 Å². The summed E-state index contributed by atoms with van der Waals surface area (Å²) < 4.78 is 28.0. The number of aromatic nitrogens is 1. The maximum Gasteiger partial charge on any atom is 0.250 e. The Hall–Kier alpha value is -2.40. The molecule has 10 heteroatoms. The van der Waals surface area contributed by atoms with Crippen LogP contribution in [0, 0.1) is 0 Å². The molecule has 4 rings (SSSR count). The first-order chi connectivity index (χ1) is 15.8. The molecule has 33 heavy (non-hydrogen) atoms. The van der Waals surface area contributed by atoms with Gasteiger partial charge in [0, 0.05) is 15.4 Å². The van der Waals surface area contributed by atoms with Crippen LogP contribution >= 0.6 is 43.2 Å². The van der Waals surface area contributed by atoms with Crippen LogP contribution in [-0.2, 0) is 14.6 Å². The van der Waals surface area contributed by atoms with Crippen LogP contribution in [0.2, 0.25) is 0 Å². The van der Waals surface area contributed by atoms with Crippen molar-refractivity contribution in [2.75, 3.05) is 10.8 Å². The molecule has 0 aliphatic heterocycles. The first-order valence-corrected chi connectivity index (χ1v) is 13.8. The van der Waals surface area contributed by atoms with Gasteiger partial charge in [-0.15, -0.1) is 0 Å². The van der Waals surface area contributed by atoms with E-state index in [2.05, 4.69) is 41.9 Å². The topological polar surface area (TPSA) is 79.7 Å². The molecule has 0 unspecified atom stereocenters. The van der Waals surface area contributed by atoms with Gasteiger partial charge in [0.2, 0.25) is 5.13 Å². The lowest BCUT2D eigenvalue weighted by atomic mass is 10.2. The van der Waals surface area contributed by atoms with Crippen molar-refractivity contribution in [2.24, 2.45) is 5.10 Å². The van der Waals surface area contributed by atoms with Gasteiger partial charge in [0.1, 0.15) is 0 Å². The van der Waals surface area contributed by atoms with Crippen LogP contribution in [0.5, 0.6) is 0 Å². The summed E-state index contributed by atoms with van der Waals surface area (Å²) in [5.74, 6) is -0.780. The van der Waals surface area contributed by atoms with Crippen molar-refractivity contribution in [3.05, 3.63) is 87.3 Å². The maximum absolute atomic E-state index is 13.1. The number of halogens is 2. The number of hydrogen-bond donors (Lipinski definition) is 0. The average Bonchev–Trinajstić information content (AvgIpc) is 3.22. The Balaban J connectivity index is 1.62. The maximum atomic E-state index is 13.1. The number of nitrogens with zero attached hydrogens (tertiary/aromatic N) is 3. The van der Waals surface area contributed by atoms with E-state index in [9.17, 15) is 13.2 Å². The third-order valence-electron chi connectivity index (χ3n) is 4.64. The molecular weight excluding hydrogens is 590 g/mol. The summed E-state index contributed by atoms with van der Waals surface area (Å²) in [6.07, 6.45) is 1.33. The summed E-state index contributed by atoms with van der Waals surface area (Å²) in [7, 11) is -3.60. The monoisotopic (exact) mass is 605 g/mol. The number of amides is 1. The highest BCUT2D eigenvalue weighted by atomic mass is 79.9. The van der Waals surface area contributed by atoms with Gasteiger partial charge in [0.05, 0.1) is 27.1 Å². The van der Waals surface area contributed by atoms with Crippen molar-refractivity contribution in [1.29, 1.82) is 0 Å². The predicted octanol–water partition coefficient (Wildman–Crippen LogP) is 6.05. The number of carbonyl (C=O) groups is 1. The van der Waals surface area contributed by atoms with Gasteiger partial charge in [-0.2, -0.15) is 10.1 Å². The largest absolute Gasteiger partial charge is 0.272 e. The second kappa shape index (κ2) is 10.3. The number of rotatable bonds is 7. The van der Waals surface area contributed by atoms with Crippen LogP contribution in [0.25, 0.3) is 10.2 Å². The zero-order valence-corrected chi connectivity index (χ0v) is 21.9. The summed E-state index contributed by atoms with van der Waals surface area (Å²) in [6.45, 7) is 0. The minimum atomic E-state index is -3.60. The fourth-order valence-corrected chi connectivity index (χ4v) is 5.95. The molecule has 4 aromatic rings.